The van der Waals surface area contributed by atoms with Crippen molar-refractivity contribution in [1.29, 1.82) is 0 Å². The van der Waals surface area contributed by atoms with Crippen LogP contribution < -0.4 is 10.0 Å². The maximum absolute atomic E-state index is 12.9. The Kier molecular flexibility index (Phi) is 5.60. The number of aromatic nitrogens is 2. The van der Waals surface area contributed by atoms with Crippen molar-refractivity contribution >= 4 is 27.5 Å². The summed E-state index contributed by atoms with van der Waals surface area (Å²) in [7, 11) is -3.76. The van der Waals surface area contributed by atoms with Gasteiger partial charge in [-0.25, -0.2) is 13.1 Å². The molecule has 9 heteroatoms. The Morgan fingerprint density at radius 2 is 1.90 bits per heavy atom. The monoisotopic (exact) mass is 437 g/mol. The van der Waals surface area contributed by atoms with E-state index in [0.29, 0.717) is 35.7 Å². The molecule has 0 radical (unpaired) electrons. The number of anilines is 1. The maximum atomic E-state index is 12.9. The van der Waals surface area contributed by atoms with Gasteiger partial charge >= 0.3 is 0 Å². The number of sulfonamides is 1. The fraction of sp³-hybridized carbons (Fsp3) is 0.227. The van der Waals surface area contributed by atoms with Crippen molar-refractivity contribution in [3.05, 3.63) is 71.5 Å². The Morgan fingerprint density at radius 3 is 2.65 bits per heavy atom. The van der Waals surface area contributed by atoms with Crippen LogP contribution >= 0.6 is 0 Å². The van der Waals surface area contributed by atoms with Crippen LogP contribution in [0.3, 0.4) is 0 Å². The quantitative estimate of drug-likeness (QED) is 0.639. The molecule has 1 aromatic heterocycles. The van der Waals surface area contributed by atoms with E-state index in [1.807, 2.05) is 38.1 Å². The van der Waals surface area contributed by atoms with Crippen LogP contribution in [0, 0.1) is 13.8 Å². The van der Waals surface area contributed by atoms with Gasteiger partial charge in [0.1, 0.15) is 5.84 Å². The normalized spacial score (nSPS) is 13.7. The highest BCUT2D eigenvalue weighted by atomic mass is 32.2. The van der Waals surface area contributed by atoms with E-state index >= 15 is 0 Å². The Labute approximate surface area is 181 Å². The molecular formula is C22H23N5O3S. The molecule has 160 valence electrons. The molecule has 3 aromatic rings. The number of amides is 1. The maximum Gasteiger partial charge on any atom is 0.262 e. The Hall–Kier alpha value is -3.46. The number of carbonyl (C=O) groups excluding carboxylic acids is 1. The molecule has 0 saturated heterocycles. The van der Waals surface area contributed by atoms with Crippen LogP contribution in [0.2, 0.25) is 0 Å². The minimum absolute atomic E-state index is 0.0622. The number of para-hydroxylation sites is 1. The second-order valence-corrected chi connectivity index (χ2v) is 9.04. The number of amidine groups is 1. The molecule has 1 aliphatic rings. The number of benzene rings is 2. The molecule has 0 aliphatic carbocycles. The van der Waals surface area contributed by atoms with E-state index in [9.17, 15) is 13.2 Å². The van der Waals surface area contributed by atoms with Crippen LogP contribution in [0.15, 0.2) is 64.6 Å². The number of hydrogen-bond donors (Lipinski definition) is 2. The standard InChI is InChI=1S/C22H23N5O3S/c1-15-7-3-4-10-20(15)27-16(2)19(14-24-27)22(28)25-17-8-5-9-18(13-17)31(29,30)26-21-11-6-12-23-21/h3-5,7-10,13-14H,6,11-12H2,1-2H3,(H,23,26)(H,25,28). The molecule has 2 aromatic carbocycles. The average Bonchev–Trinajstić information content (AvgIpc) is 3.38. The number of carbonyl (C=O) groups is 1. The third kappa shape index (κ3) is 4.36. The number of nitrogens with zero attached hydrogens (tertiary/aromatic N) is 3. The van der Waals surface area contributed by atoms with Crippen molar-refractivity contribution in [3.63, 3.8) is 0 Å². The van der Waals surface area contributed by atoms with Gasteiger partial charge in [0.2, 0.25) is 0 Å². The summed E-state index contributed by atoms with van der Waals surface area (Å²) in [5.74, 6) is 0.105. The number of nitrogens with one attached hydrogen (secondary N) is 2. The summed E-state index contributed by atoms with van der Waals surface area (Å²) in [5, 5.41) is 7.13. The van der Waals surface area contributed by atoms with Gasteiger partial charge in [-0.3, -0.25) is 14.5 Å². The Balaban J connectivity index is 1.55. The first-order valence-electron chi connectivity index (χ1n) is 9.93. The van der Waals surface area contributed by atoms with Gasteiger partial charge in [-0.05, 0) is 50.1 Å². The first kappa shape index (κ1) is 20.8. The summed E-state index contributed by atoms with van der Waals surface area (Å²) in [4.78, 5) is 17.1. The Morgan fingerprint density at radius 1 is 1.10 bits per heavy atom. The van der Waals surface area contributed by atoms with E-state index < -0.39 is 10.0 Å². The highest BCUT2D eigenvalue weighted by molar-refractivity contribution is 7.90. The first-order valence-corrected chi connectivity index (χ1v) is 11.4. The minimum Gasteiger partial charge on any atom is -0.322 e. The van der Waals surface area contributed by atoms with Gasteiger partial charge in [0, 0.05) is 18.7 Å². The summed E-state index contributed by atoms with van der Waals surface area (Å²) < 4.78 is 29.5. The van der Waals surface area contributed by atoms with Crippen molar-refractivity contribution in [2.45, 2.75) is 31.6 Å². The molecule has 1 aliphatic heterocycles. The first-order chi connectivity index (χ1) is 14.8. The summed E-state index contributed by atoms with van der Waals surface area (Å²) in [6.07, 6.45) is 2.96. The largest absolute Gasteiger partial charge is 0.322 e. The van der Waals surface area contributed by atoms with Gasteiger partial charge in [-0.15, -0.1) is 0 Å². The molecule has 0 fully saturated rings. The van der Waals surface area contributed by atoms with Crippen molar-refractivity contribution in [3.8, 4) is 5.69 Å². The summed E-state index contributed by atoms with van der Waals surface area (Å²) >= 11 is 0. The second kappa shape index (κ2) is 8.35. The molecule has 2 N–H and O–H groups in total. The SMILES string of the molecule is Cc1ccccc1-n1ncc(C(=O)Nc2cccc(S(=O)(=O)NC3=NCCC3)c2)c1C. The molecule has 0 atom stereocenters. The van der Waals surface area contributed by atoms with Crippen LogP contribution in [-0.2, 0) is 10.0 Å². The van der Waals surface area contributed by atoms with Gasteiger partial charge < -0.3 is 5.32 Å². The molecule has 1 amide bonds. The number of rotatable bonds is 5. The number of aliphatic imine (C=N–C) groups is 1. The van der Waals surface area contributed by atoms with Crippen LogP contribution in [0.4, 0.5) is 5.69 Å². The van der Waals surface area contributed by atoms with Gasteiger partial charge in [-0.1, -0.05) is 24.3 Å². The fourth-order valence-corrected chi connectivity index (χ4v) is 4.59. The third-order valence-corrected chi connectivity index (χ3v) is 6.51. The van der Waals surface area contributed by atoms with Gasteiger partial charge in [-0.2, -0.15) is 5.10 Å². The van der Waals surface area contributed by atoms with Gasteiger partial charge in [0.15, 0.2) is 0 Å². The van der Waals surface area contributed by atoms with Crippen LogP contribution in [0.5, 0.6) is 0 Å². The molecular weight excluding hydrogens is 414 g/mol. The zero-order chi connectivity index (χ0) is 22.0. The molecule has 31 heavy (non-hydrogen) atoms. The zero-order valence-electron chi connectivity index (χ0n) is 17.3. The van der Waals surface area contributed by atoms with E-state index in [-0.39, 0.29) is 10.8 Å². The van der Waals surface area contributed by atoms with Crippen LogP contribution in [0.1, 0.15) is 34.5 Å². The fourth-order valence-electron chi connectivity index (χ4n) is 3.45. The number of aryl methyl sites for hydroxylation is 1. The zero-order valence-corrected chi connectivity index (χ0v) is 18.1. The molecule has 0 bridgehead atoms. The van der Waals surface area contributed by atoms with E-state index in [1.165, 1.54) is 18.3 Å². The van der Waals surface area contributed by atoms with E-state index in [2.05, 4.69) is 20.1 Å². The molecule has 0 unspecified atom stereocenters. The lowest BCUT2D eigenvalue weighted by Gasteiger charge is -2.11. The molecule has 0 saturated carbocycles. The molecule has 0 spiro atoms. The predicted octanol–water partition coefficient (Wildman–Crippen LogP) is 3.21. The molecule has 4 rings (SSSR count). The highest BCUT2D eigenvalue weighted by Gasteiger charge is 2.20. The van der Waals surface area contributed by atoms with Crippen molar-refractivity contribution in [1.82, 2.24) is 14.5 Å². The van der Waals surface area contributed by atoms with Crippen LogP contribution in [-0.4, -0.2) is 36.5 Å². The lowest BCUT2D eigenvalue weighted by molar-refractivity contribution is 0.102. The van der Waals surface area contributed by atoms with Crippen molar-refractivity contribution < 1.29 is 13.2 Å². The van der Waals surface area contributed by atoms with Gasteiger partial charge in [0.25, 0.3) is 15.9 Å². The summed E-state index contributed by atoms with van der Waals surface area (Å²) in [6.45, 7) is 4.43. The minimum atomic E-state index is -3.76. The third-order valence-electron chi connectivity index (χ3n) is 5.13. The van der Waals surface area contributed by atoms with Crippen molar-refractivity contribution in [2.24, 2.45) is 4.99 Å². The predicted molar refractivity (Wildman–Crippen MR) is 119 cm³/mol. The average molecular weight is 438 g/mol. The Bertz CT molecular complexity index is 1280. The molecule has 2 heterocycles. The molecule has 8 nitrogen and oxygen atoms in total. The van der Waals surface area contributed by atoms with Crippen molar-refractivity contribution in [2.75, 3.05) is 11.9 Å². The lowest BCUT2D eigenvalue weighted by Crippen LogP contribution is -2.29. The summed E-state index contributed by atoms with van der Waals surface area (Å²) in [6, 6.07) is 13.9. The van der Waals surface area contributed by atoms with E-state index in [1.54, 1.807) is 16.8 Å². The lowest BCUT2D eigenvalue weighted by atomic mass is 10.2. The smallest absolute Gasteiger partial charge is 0.262 e. The van der Waals surface area contributed by atoms with E-state index in [0.717, 1.165) is 17.7 Å². The topological polar surface area (TPSA) is 105 Å². The summed E-state index contributed by atoms with van der Waals surface area (Å²) in [5.41, 5.74) is 3.42. The number of hydrogen-bond acceptors (Lipinski definition) is 5. The van der Waals surface area contributed by atoms with Crippen LogP contribution in [0.25, 0.3) is 5.69 Å². The highest BCUT2D eigenvalue weighted by Crippen LogP contribution is 2.20. The van der Waals surface area contributed by atoms with E-state index in [4.69, 9.17) is 0 Å². The second-order valence-electron chi connectivity index (χ2n) is 7.36. The van der Waals surface area contributed by atoms with Gasteiger partial charge in [0.05, 0.1) is 28.0 Å².